The Labute approximate surface area is 603 Å². The molecule has 2 atom stereocenters. The van der Waals surface area contributed by atoms with Gasteiger partial charge in [0.1, 0.15) is 12.1 Å². The topological polar surface area (TPSA) is 168 Å². The number of nitrogens with zero attached hydrogens (tertiary/aromatic N) is 2. The van der Waals surface area contributed by atoms with E-state index in [1.807, 2.05) is 9.80 Å². The fourth-order valence-electron chi connectivity index (χ4n) is 13.2. The molecule has 0 spiro atoms. The van der Waals surface area contributed by atoms with Crippen molar-refractivity contribution < 1.29 is 48.5 Å². The molecule has 0 aromatic carbocycles. The first-order chi connectivity index (χ1) is 48.0. The number of allylic oxidation sites excluding steroid dienone is 8. The summed E-state index contributed by atoms with van der Waals surface area (Å²) in [4.78, 5) is 82.6. The van der Waals surface area contributed by atoms with Gasteiger partial charge in [-0.1, -0.05) is 307 Å². The third-order valence-electron chi connectivity index (χ3n) is 19.4. The van der Waals surface area contributed by atoms with Crippen LogP contribution in [0.15, 0.2) is 48.6 Å². The Kier molecular flexibility index (Phi) is 72.7. The number of aliphatic carboxylic acids is 2. The molecule has 570 valence electrons. The Hall–Kier alpha value is -3.90. The van der Waals surface area contributed by atoms with Crippen LogP contribution in [-0.2, 0) is 38.2 Å². The minimum Gasteiger partial charge on any atom is -0.481 e. The molecule has 12 heteroatoms. The smallest absolute Gasteiger partial charge is 0.331 e. The summed E-state index contributed by atoms with van der Waals surface area (Å²) in [6, 6.07) is -2.21. The van der Waals surface area contributed by atoms with E-state index in [9.17, 15) is 39.0 Å². The highest BCUT2D eigenvalue weighted by Crippen LogP contribution is 2.21. The van der Waals surface area contributed by atoms with Gasteiger partial charge in [-0.15, -0.1) is 0 Å². The molecule has 0 aliphatic heterocycles. The van der Waals surface area contributed by atoms with E-state index in [1.165, 1.54) is 231 Å². The van der Waals surface area contributed by atoms with Gasteiger partial charge in [-0.25, -0.2) is 9.59 Å². The second-order valence-corrected chi connectivity index (χ2v) is 28.8. The maximum absolute atomic E-state index is 13.8. The van der Waals surface area contributed by atoms with Crippen LogP contribution in [-0.4, -0.2) is 94.1 Å². The maximum Gasteiger partial charge on any atom is 0.331 e. The fourth-order valence-corrected chi connectivity index (χ4v) is 13.2. The Morgan fingerprint density at radius 1 is 0.255 bits per heavy atom. The van der Waals surface area contributed by atoms with Gasteiger partial charge in [-0.2, -0.15) is 0 Å². The number of carbonyl (C=O) groups excluding carboxylic acids is 4. The number of hydrogen-bond acceptors (Lipinski definition) is 10. The summed E-state index contributed by atoms with van der Waals surface area (Å²) in [6.45, 7) is 11.2. The average Bonchev–Trinajstić information content (AvgIpc) is 1.04. The van der Waals surface area contributed by atoms with Gasteiger partial charge in [-0.05, 0) is 167 Å². The molecule has 0 aromatic rings. The first kappa shape index (κ1) is 94.1. The molecule has 0 rings (SSSR count). The molecule has 0 aromatic heterocycles. The molecule has 12 nitrogen and oxygen atoms in total. The van der Waals surface area contributed by atoms with Gasteiger partial charge in [-0.3, -0.25) is 29.0 Å². The molecule has 0 aliphatic carbocycles. The number of carboxylic acid groups (broad SMARTS) is 2. The quantitative estimate of drug-likeness (QED) is 0.0256. The van der Waals surface area contributed by atoms with Gasteiger partial charge in [0.2, 0.25) is 0 Å². The van der Waals surface area contributed by atoms with E-state index in [1.54, 1.807) is 0 Å². The fraction of sp³-hybridized carbons (Fsp3) is 0.837. The van der Waals surface area contributed by atoms with Crippen molar-refractivity contribution in [3.05, 3.63) is 48.6 Å². The zero-order valence-corrected chi connectivity index (χ0v) is 64.5. The number of hydrogen-bond donors (Lipinski definition) is 2. The van der Waals surface area contributed by atoms with Gasteiger partial charge < -0.3 is 19.7 Å². The summed E-state index contributed by atoms with van der Waals surface area (Å²) >= 11 is 0. The van der Waals surface area contributed by atoms with Gasteiger partial charge in [0.15, 0.2) is 0 Å². The molecule has 0 bridgehead atoms. The molecule has 0 saturated carbocycles. The molecular weight excluding hydrogens is 1220 g/mol. The van der Waals surface area contributed by atoms with Crippen LogP contribution in [0.3, 0.4) is 0 Å². The normalized spacial score (nSPS) is 12.6. The Morgan fingerprint density at radius 3 is 0.612 bits per heavy atom. The molecule has 2 N–H and O–H groups in total. The summed E-state index contributed by atoms with van der Waals surface area (Å²) in [5.74, 6) is -5.58. The summed E-state index contributed by atoms with van der Waals surface area (Å²) in [5, 5.41) is 20.1. The van der Waals surface area contributed by atoms with Crippen molar-refractivity contribution >= 4 is 35.8 Å². The molecule has 98 heavy (non-hydrogen) atoms. The highest BCUT2D eigenvalue weighted by atomic mass is 16.6. The molecule has 0 fully saturated rings. The minimum atomic E-state index is -1.13. The van der Waals surface area contributed by atoms with Gasteiger partial charge in [0, 0.05) is 12.8 Å². The highest BCUT2D eigenvalue weighted by molar-refractivity contribution is 5.91. The molecular formula is C86H156N2O10. The Balaban J connectivity index is 5.54. The molecule has 0 radical (unpaired) electrons. The predicted octanol–water partition coefficient (Wildman–Crippen LogP) is 25.1. The number of carboxylic acids is 2. The molecule has 0 unspecified atom stereocenters. The van der Waals surface area contributed by atoms with E-state index in [0.717, 1.165) is 128 Å². The van der Waals surface area contributed by atoms with Crippen LogP contribution in [0.1, 0.15) is 426 Å². The number of unbranched alkanes of at least 4 members (excludes halogenated alkanes) is 49. The number of rotatable bonds is 77. The monoisotopic (exact) mass is 1380 g/mol. The molecule has 0 saturated heterocycles. The van der Waals surface area contributed by atoms with Crippen molar-refractivity contribution in [2.75, 3.05) is 26.2 Å². The van der Waals surface area contributed by atoms with Crippen molar-refractivity contribution in [1.82, 2.24) is 9.80 Å². The second-order valence-electron chi connectivity index (χ2n) is 28.8. The van der Waals surface area contributed by atoms with Crippen molar-refractivity contribution in [2.24, 2.45) is 0 Å². The number of carbonyl (C=O) groups is 6. The summed E-state index contributed by atoms with van der Waals surface area (Å²) in [5.41, 5.74) is 0. The van der Waals surface area contributed by atoms with Crippen LogP contribution in [0.5, 0.6) is 0 Å². The standard InChI is InChI=1S/C86H156N2O10/c1-5-9-13-17-21-25-29-33-37-41-45-49-53-57-61-67-73-87(74-68-62-58-54-50-46-42-38-34-30-26-22-18-14-10-6-2)79(77-81(89)90)85(95)97-83(93)71-65-66-72-84(94)98-86(96)80(78-82(91)92)88(75-69-63-59-55-51-47-43-39-35-31-27-23-19-15-11-7-3)76-70-64-60-56-52-48-44-40-36-32-28-24-20-16-12-8-4/h33-40,79-80H,5-32,41-78H2,1-4H3,(H,89,90)(H,91,92)/t79-,80-/m0/s1. The molecule has 0 heterocycles. The maximum atomic E-state index is 13.8. The van der Waals surface area contributed by atoms with E-state index < -0.39 is 60.7 Å². The van der Waals surface area contributed by atoms with Crippen LogP contribution < -0.4 is 0 Å². The Bertz CT molecular complexity index is 1730. The summed E-state index contributed by atoms with van der Waals surface area (Å²) < 4.78 is 10.8. The summed E-state index contributed by atoms with van der Waals surface area (Å²) in [7, 11) is 0. The van der Waals surface area contributed by atoms with Gasteiger partial charge in [0.25, 0.3) is 0 Å². The van der Waals surface area contributed by atoms with Crippen LogP contribution in [0, 0.1) is 0 Å². The lowest BCUT2D eigenvalue weighted by Crippen LogP contribution is -2.45. The van der Waals surface area contributed by atoms with Crippen LogP contribution in [0.2, 0.25) is 0 Å². The van der Waals surface area contributed by atoms with Crippen LogP contribution in [0.25, 0.3) is 0 Å². The van der Waals surface area contributed by atoms with E-state index in [0.29, 0.717) is 26.2 Å². The highest BCUT2D eigenvalue weighted by Gasteiger charge is 2.33. The zero-order valence-electron chi connectivity index (χ0n) is 64.5. The van der Waals surface area contributed by atoms with Crippen LogP contribution in [0.4, 0.5) is 0 Å². The molecule has 0 aliphatic rings. The van der Waals surface area contributed by atoms with Crippen molar-refractivity contribution in [3.8, 4) is 0 Å². The predicted molar refractivity (Wildman–Crippen MR) is 414 cm³/mol. The lowest BCUT2D eigenvalue weighted by Gasteiger charge is -2.29. The lowest BCUT2D eigenvalue weighted by atomic mass is 10.1. The van der Waals surface area contributed by atoms with Crippen molar-refractivity contribution in [2.45, 2.75) is 438 Å². The van der Waals surface area contributed by atoms with Gasteiger partial charge in [0.05, 0.1) is 12.8 Å². The third-order valence-corrected chi connectivity index (χ3v) is 19.4. The first-order valence-electron chi connectivity index (χ1n) is 42.0. The number of ether oxygens (including phenoxy) is 2. The van der Waals surface area contributed by atoms with E-state index >= 15 is 0 Å². The van der Waals surface area contributed by atoms with E-state index in [-0.39, 0.29) is 25.7 Å². The van der Waals surface area contributed by atoms with Crippen molar-refractivity contribution in [1.29, 1.82) is 0 Å². The largest absolute Gasteiger partial charge is 0.481 e. The summed E-state index contributed by atoms with van der Waals surface area (Å²) in [6.07, 6.45) is 83.8. The SMILES string of the molecule is CCCCCCCCC=CCCCCCCCCN(CCCCCCCCC=CCCCCCCCC)[C@@H](CC(=O)O)C(=O)OC(=O)CCCCC(=O)OC(=O)[C@H](CC(=O)O)N(CCCCCCCCC=CCCCCCCCC)CCCCCCCCC=CCCCCCCCC. The Morgan fingerprint density at radius 2 is 0.429 bits per heavy atom. The minimum absolute atomic E-state index is 0.171. The van der Waals surface area contributed by atoms with E-state index in [4.69, 9.17) is 9.47 Å². The lowest BCUT2D eigenvalue weighted by molar-refractivity contribution is -0.167. The first-order valence-corrected chi connectivity index (χ1v) is 42.0. The average molecular weight is 1380 g/mol. The van der Waals surface area contributed by atoms with Gasteiger partial charge >= 0.3 is 35.8 Å². The van der Waals surface area contributed by atoms with Crippen molar-refractivity contribution in [3.63, 3.8) is 0 Å². The van der Waals surface area contributed by atoms with Crippen LogP contribution >= 0.6 is 0 Å². The number of esters is 4. The molecule has 0 amide bonds. The second kappa shape index (κ2) is 75.8. The third kappa shape index (κ3) is 66.6. The van der Waals surface area contributed by atoms with E-state index in [2.05, 4.69) is 76.3 Å². The zero-order chi connectivity index (χ0) is 71.5.